The van der Waals surface area contributed by atoms with Crippen LogP contribution in [0.3, 0.4) is 0 Å². The lowest BCUT2D eigenvalue weighted by Gasteiger charge is -2.30. The normalized spacial score (nSPS) is 12.6. The van der Waals surface area contributed by atoms with E-state index in [0.717, 1.165) is 16.7 Å². The minimum Gasteiger partial charge on any atom is -0.489 e. The minimum atomic E-state index is 0.0216. The molecule has 0 fully saturated rings. The lowest BCUT2D eigenvalue weighted by molar-refractivity contribution is -0.118. The van der Waals surface area contributed by atoms with Gasteiger partial charge < -0.3 is 9.64 Å². The number of ether oxygens (including phenoxy) is 1. The van der Waals surface area contributed by atoms with Gasteiger partial charge in [0.25, 0.3) is 0 Å². The number of anilines is 1. The van der Waals surface area contributed by atoms with Crippen LogP contribution in [0.25, 0.3) is 11.1 Å². The highest BCUT2D eigenvalue weighted by Crippen LogP contribution is 2.40. The van der Waals surface area contributed by atoms with Gasteiger partial charge in [-0.3, -0.25) is 9.78 Å². The van der Waals surface area contributed by atoms with Crippen molar-refractivity contribution in [3.63, 3.8) is 0 Å². The van der Waals surface area contributed by atoms with E-state index in [0.29, 0.717) is 48.0 Å². The van der Waals surface area contributed by atoms with Gasteiger partial charge in [0.2, 0.25) is 5.91 Å². The molecule has 6 heteroatoms. The van der Waals surface area contributed by atoms with Crippen molar-refractivity contribution in [2.24, 2.45) is 0 Å². The van der Waals surface area contributed by atoms with Gasteiger partial charge in [0.15, 0.2) is 5.75 Å². The van der Waals surface area contributed by atoms with E-state index >= 15 is 0 Å². The predicted molar refractivity (Wildman–Crippen MR) is 112 cm³/mol. The molecule has 0 saturated carbocycles. The molecule has 0 N–H and O–H groups in total. The maximum atomic E-state index is 12.9. The van der Waals surface area contributed by atoms with Crippen molar-refractivity contribution < 1.29 is 9.53 Å². The van der Waals surface area contributed by atoms with Crippen LogP contribution in [0.4, 0.5) is 5.69 Å². The summed E-state index contributed by atoms with van der Waals surface area (Å²) in [6, 6.07) is 16.9. The molecule has 1 aromatic heterocycles. The molecule has 0 atom stereocenters. The van der Waals surface area contributed by atoms with Gasteiger partial charge in [0.1, 0.15) is 12.3 Å². The maximum Gasteiger partial charge on any atom is 0.227 e. The van der Waals surface area contributed by atoms with E-state index in [-0.39, 0.29) is 5.91 Å². The van der Waals surface area contributed by atoms with Crippen LogP contribution >= 0.6 is 11.6 Å². The number of carbonyl (C=O) groups is 1. The number of benzene rings is 2. The van der Waals surface area contributed by atoms with Crippen LogP contribution in [0.1, 0.15) is 17.5 Å². The molecule has 5 nitrogen and oxygen atoms in total. The number of aromatic nitrogens is 1. The average Bonchev–Trinajstić information content (AvgIpc) is 2.77. The number of nitrogens with zero attached hydrogens (tertiary/aromatic N) is 3. The van der Waals surface area contributed by atoms with Gasteiger partial charge in [-0.1, -0.05) is 35.9 Å². The monoisotopic (exact) mass is 403 g/mol. The van der Waals surface area contributed by atoms with E-state index in [1.807, 2.05) is 36.4 Å². The molecule has 1 aliphatic rings. The first kappa shape index (κ1) is 19.0. The van der Waals surface area contributed by atoms with Gasteiger partial charge in [0, 0.05) is 23.2 Å². The number of hydrogen-bond donors (Lipinski definition) is 0. The predicted octanol–water partition coefficient (Wildman–Crippen LogP) is 4.63. The second kappa shape index (κ2) is 8.34. The number of amides is 1. The summed E-state index contributed by atoms with van der Waals surface area (Å²) in [5.74, 6) is 0.667. The molecule has 0 saturated heterocycles. The summed E-state index contributed by atoms with van der Waals surface area (Å²) in [5, 5.41) is 9.67. The molecule has 2 heterocycles. The summed E-state index contributed by atoms with van der Waals surface area (Å²) < 4.78 is 5.91. The van der Waals surface area contributed by atoms with Crippen LogP contribution in [-0.4, -0.2) is 24.0 Å². The zero-order valence-corrected chi connectivity index (χ0v) is 16.4. The van der Waals surface area contributed by atoms with Crippen molar-refractivity contribution in [2.45, 2.75) is 12.8 Å². The second-order valence-corrected chi connectivity index (χ2v) is 7.18. The Morgan fingerprint density at radius 2 is 2.03 bits per heavy atom. The Balaban J connectivity index is 1.58. The molecular weight excluding hydrogens is 386 g/mol. The average molecular weight is 404 g/mol. The van der Waals surface area contributed by atoms with Crippen molar-refractivity contribution in [3.05, 3.63) is 77.1 Å². The number of hydrogen-bond acceptors (Lipinski definition) is 4. The molecule has 4 rings (SSSR count). The first-order valence-electron chi connectivity index (χ1n) is 9.32. The van der Waals surface area contributed by atoms with Crippen molar-refractivity contribution in [1.82, 2.24) is 4.98 Å². The number of halogens is 1. The molecule has 2 aromatic carbocycles. The van der Waals surface area contributed by atoms with E-state index in [1.165, 1.54) is 0 Å². The Labute approximate surface area is 174 Å². The lowest BCUT2D eigenvalue weighted by atomic mass is 10.0. The van der Waals surface area contributed by atoms with Crippen LogP contribution in [-0.2, 0) is 11.2 Å². The van der Waals surface area contributed by atoms with Crippen LogP contribution in [0, 0.1) is 11.3 Å². The van der Waals surface area contributed by atoms with Crippen LogP contribution in [0.2, 0.25) is 5.02 Å². The summed E-state index contributed by atoms with van der Waals surface area (Å²) in [6.07, 6.45) is 4.38. The zero-order chi connectivity index (χ0) is 20.2. The maximum absolute atomic E-state index is 12.9. The highest BCUT2D eigenvalue weighted by Gasteiger charge is 2.26. The Morgan fingerprint density at radius 3 is 2.79 bits per heavy atom. The van der Waals surface area contributed by atoms with Crippen molar-refractivity contribution in [3.8, 4) is 22.9 Å². The highest BCUT2D eigenvalue weighted by molar-refractivity contribution is 6.30. The minimum absolute atomic E-state index is 0.0216. The van der Waals surface area contributed by atoms with E-state index in [4.69, 9.17) is 21.6 Å². The Hall–Kier alpha value is -3.36. The summed E-state index contributed by atoms with van der Waals surface area (Å²) in [5.41, 5.74) is 3.99. The molecule has 29 heavy (non-hydrogen) atoms. The summed E-state index contributed by atoms with van der Waals surface area (Å²) >= 11 is 6.03. The molecule has 0 spiro atoms. The van der Waals surface area contributed by atoms with Gasteiger partial charge in [-0.2, -0.15) is 5.26 Å². The SMILES string of the molecule is N#Cc1ccc(-c2cncc3c2OCCN3C(=O)CCc2cccc(Cl)c2)cc1. The smallest absolute Gasteiger partial charge is 0.227 e. The van der Waals surface area contributed by atoms with Crippen molar-refractivity contribution in [1.29, 1.82) is 5.26 Å². The largest absolute Gasteiger partial charge is 0.489 e. The molecule has 0 aliphatic carbocycles. The molecule has 3 aromatic rings. The van der Waals surface area contributed by atoms with Gasteiger partial charge in [-0.05, 0) is 41.8 Å². The standard InChI is InChI=1S/C23H18ClN3O2/c24-19-3-1-2-16(12-19)6-9-22(28)27-10-11-29-23-20(14-26-15-21(23)27)18-7-4-17(13-25)5-8-18/h1-5,7-8,12,14-15H,6,9-11H2. The number of rotatable bonds is 4. The fraction of sp³-hybridized carbons (Fsp3) is 0.174. The molecule has 0 radical (unpaired) electrons. The first-order chi connectivity index (χ1) is 14.2. The Kier molecular flexibility index (Phi) is 5.46. The molecule has 0 bridgehead atoms. The van der Waals surface area contributed by atoms with Crippen molar-refractivity contribution in [2.75, 3.05) is 18.1 Å². The summed E-state index contributed by atoms with van der Waals surface area (Å²) in [6.45, 7) is 0.906. The molecule has 0 unspecified atom stereocenters. The van der Waals surface area contributed by atoms with Gasteiger partial charge in [-0.15, -0.1) is 0 Å². The van der Waals surface area contributed by atoms with Gasteiger partial charge >= 0.3 is 0 Å². The number of nitriles is 1. The third kappa shape index (κ3) is 4.08. The molecule has 1 aliphatic heterocycles. The topological polar surface area (TPSA) is 66.2 Å². The number of carbonyl (C=O) groups excluding carboxylic acids is 1. The highest BCUT2D eigenvalue weighted by atomic mass is 35.5. The first-order valence-corrected chi connectivity index (χ1v) is 9.69. The Bertz CT molecular complexity index is 1090. The fourth-order valence-electron chi connectivity index (χ4n) is 3.41. The van der Waals surface area contributed by atoms with E-state index in [1.54, 1.807) is 29.4 Å². The number of fused-ring (bicyclic) bond motifs is 1. The number of pyridine rings is 1. The molecular formula is C23H18ClN3O2. The van der Waals surface area contributed by atoms with Crippen LogP contribution < -0.4 is 9.64 Å². The van der Waals surface area contributed by atoms with E-state index in [2.05, 4.69) is 11.1 Å². The fourth-order valence-corrected chi connectivity index (χ4v) is 3.62. The summed E-state index contributed by atoms with van der Waals surface area (Å²) in [4.78, 5) is 19.0. The molecule has 144 valence electrons. The quantitative estimate of drug-likeness (QED) is 0.636. The van der Waals surface area contributed by atoms with Crippen LogP contribution in [0.5, 0.6) is 5.75 Å². The van der Waals surface area contributed by atoms with Crippen LogP contribution in [0.15, 0.2) is 60.9 Å². The van der Waals surface area contributed by atoms with Gasteiger partial charge in [-0.25, -0.2) is 0 Å². The van der Waals surface area contributed by atoms with E-state index < -0.39 is 0 Å². The van der Waals surface area contributed by atoms with Gasteiger partial charge in [0.05, 0.1) is 24.4 Å². The third-order valence-electron chi connectivity index (χ3n) is 4.87. The lowest BCUT2D eigenvalue weighted by Crippen LogP contribution is -2.38. The van der Waals surface area contributed by atoms with Crippen molar-refractivity contribution >= 4 is 23.2 Å². The number of aryl methyl sites for hydroxylation is 1. The zero-order valence-electron chi connectivity index (χ0n) is 15.6. The second-order valence-electron chi connectivity index (χ2n) is 6.75. The third-order valence-corrected chi connectivity index (χ3v) is 5.11. The molecule has 1 amide bonds. The Morgan fingerprint density at radius 1 is 1.21 bits per heavy atom. The summed E-state index contributed by atoms with van der Waals surface area (Å²) in [7, 11) is 0. The van der Waals surface area contributed by atoms with E-state index in [9.17, 15) is 4.79 Å².